The molecule has 0 bridgehead atoms. The SMILES string of the molecule is c1ccc(-c2onc3c2CO3)cc1. The Morgan fingerprint density at radius 2 is 2.00 bits per heavy atom. The maximum absolute atomic E-state index is 5.17. The first-order valence-corrected chi connectivity index (χ1v) is 4.12. The molecule has 3 nitrogen and oxygen atoms in total. The number of fused-ring (bicyclic) bond motifs is 1. The zero-order chi connectivity index (χ0) is 8.67. The number of nitrogens with zero attached hydrogens (tertiary/aromatic N) is 1. The largest absolute Gasteiger partial charge is 0.470 e. The highest BCUT2D eigenvalue weighted by Gasteiger charge is 2.26. The van der Waals surface area contributed by atoms with Crippen molar-refractivity contribution in [2.45, 2.75) is 6.61 Å². The molecule has 3 rings (SSSR count). The van der Waals surface area contributed by atoms with Crippen LogP contribution in [0.2, 0.25) is 0 Å². The summed E-state index contributed by atoms with van der Waals surface area (Å²) < 4.78 is 10.2. The molecule has 0 spiro atoms. The smallest absolute Gasteiger partial charge is 0.261 e. The van der Waals surface area contributed by atoms with Crippen LogP contribution in [0.5, 0.6) is 5.88 Å². The fraction of sp³-hybridized carbons (Fsp3) is 0.100. The number of rotatable bonds is 1. The van der Waals surface area contributed by atoms with Crippen LogP contribution in [0.1, 0.15) is 5.56 Å². The maximum atomic E-state index is 5.17. The zero-order valence-electron chi connectivity index (χ0n) is 6.86. The molecule has 2 aromatic rings. The van der Waals surface area contributed by atoms with Crippen molar-refractivity contribution in [2.75, 3.05) is 0 Å². The summed E-state index contributed by atoms with van der Waals surface area (Å²) >= 11 is 0. The molecule has 13 heavy (non-hydrogen) atoms. The lowest BCUT2D eigenvalue weighted by molar-refractivity contribution is 0.225. The molecule has 0 fully saturated rings. The van der Waals surface area contributed by atoms with Gasteiger partial charge in [0.2, 0.25) is 0 Å². The predicted octanol–water partition coefficient (Wildman–Crippen LogP) is 2.23. The Kier molecular flexibility index (Phi) is 1.22. The number of aromatic nitrogens is 1. The highest BCUT2D eigenvalue weighted by Crippen LogP contribution is 2.36. The second-order valence-electron chi connectivity index (χ2n) is 2.95. The van der Waals surface area contributed by atoms with Crippen LogP contribution < -0.4 is 4.74 Å². The highest BCUT2D eigenvalue weighted by atomic mass is 16.6. The number of hydrogen-bond acceptors (Lipinski definition) is 3. The molecule has 0 amide bonds. The van der Waals surface area contributed by atoms with E-state index in [9.17, 15) is 0 Å². The summed E-state index contributed by atoms with van der Waals surface area (Å²) in [6, 6.07) is 9.93. The van der Waals surface area contributed by atoms with Crippen molar-refractivity contribution < 1.29 is 9.26 Å². The molecule has 0 unspecified atom stereocenters. The number of hydrogen-bond donors (Lipinski definition) is 0. The lowest BCUT2D eigenvalue weighted by Gasteiger charge is -2.12. The molecule has 1 aliphatic heterocycles. The van der Waals surface area contributed by atoms with E-state index in [1.807, 2.05) is 30.3 Å². The van der Waals surface area contributed by atoms with Crippen LogP contribution in [0.3, 0.4) is 0 Å². The highest BCUT2D eigenvalue weighted by molar-refractivity contribution is 5.64. The molecule has 0 N–H and O–H groups in total. The summed E-state index contributed by atoms with van der Waals surface area (Å²) in [7, 11) is 0. The van der Waals surface area contributed by atoms with Gasteiger partial charge < -0.3 is 9.26 Å². The van der Waals surface area contributed by atoms with Crippen LogP contribution in [0.4, 0.5) is 0 Å². The first-order valence-electron chi connectivity index (χ1n) is 4.12. The minimum Gasteiger partial charge on any atom is -0.470 e. The Morgan fingerprint density at radius 3 is 2.62 bits per heavy atom. The molecule has 64 valence electrons. The van der Waals surface area contributed by atoms with Crippen molar-refractivity contribution in [1.29, 1.82) is 0 Å². The Labute approximate surface area is 74.9 Å². The van der Waals surface area contributed by atoms with Crippen molar-refractivity contribution in [2.24, 2.45) is 0 Å². The molecule has 3 heteroatoms. The molecule has 0 radical (unpaired) electrons. The summed E-state index contributed by atoms with van der Waals surface area (Å²) in [6.45, 7) is 0.614. The quantitative estimate of drug-likeness (QED) is 0.663. The monoisotopic (exact) mass is 173 g/mol. The van der Waals surface area contributed by atoms with Crippen LogP contribution in [-0.4, -0.2) is 5.16 Å². The summed E-state index contributed by atoms with van der Waals surface area (Å²) in [5.74, 6) is 1.47. The molecule has 0 saturated carbocycles. The molecule has 1 aromatic carbocycles. The minimum absolute atomic E-state index is 0.614. The van der Waals surface area contributed by atoms with Gasteiger partial charge in [0, 0.05) is 5.56 Å². The number of ether oxygens (including phenoxy) is 1. The predicted molar refractivity (Wildman–Crippen MR) is 46.3 cm³/mol. The topological polar surface area (TPSA) is 35.3 Å². The Bertz CT molecular complexity index is 433. The summed E-state index contributed by atoms with van der Waals surface area (Å²) in [5, 5.41) is 3.78. The van der Waals surface area contributed by atoms with E-state index in [4.69, 9.17) is 9.26 Å². The molecule has 0 aliphatic carbocycles. The van der Waals surface area contributed by atoms with Gasteiger partial charge in [0.1, 0.15) is 12.2 Å². The zero-order valence-corrected chi connectivity index (χ0v) is 6.86. The summed E-state index contributed by atoms with van der Waals surface area (Å²) in [4.78, 5) is 0. The first-order chi connectivity index (χ1) is 6.45. The normalized spacial score (nSPS) is 12.9. The Hall–Kier alpha value is -1.77. The van der Waals surface area contributed by atoms with E-state index in [1.165, 1.54) is 0 Å². The lowest BCUT2D eigenvalue weighted by Crippen LogP contribution is -2.07. The van der Waals surface area contributed by atoms with Crippen molar-refractivity contribution in [3.05, 3.63) is 35.9 Å². The van der Waals surface area contributed by atoms with Gasteiger partial charge >= 0.3 is 0 Å². The average Bonchev–Trinajstić information content (AvgIpc) is 2.43. The van der Waals surface area contributed by atoms with Crippen molar-refractivity contribution >= 4 is 0 Å². The van der Waals surface area contributed by atoms with Gasteiger partial charge in [0.15, 0.2) is 5.76 Å². The molecular formula is C10H7NO2. The van der Waals surface area contributed by atoms with Crippen molar-refractivity contribution in [1.82, 2.24) is 5.16 Å². The van der Waals surface area contributed by atoms with Gasteiger partial charge in [-0.3, -0.25) is 0 Å². The van der Waals surface area contributed by atoms with Crippen molar-refractivity contribution in [3.63, 3.8) is 0 Å². The van der Waals surface area contributed by atoms with Crippen LogP contribution >= 0.6 is 0 Å². The van der Waals surface area contributed by atoms with E-state index < -0.39 is 0 Å². The van der Waals surface area contributed by atoms with Gasteiger partial charge in [-0.1, -0.05) is 30.3 Å². The lowest BCUT2D eigenvalue weighted by atomic mass is 10.1. The van der Waals surface area contributed by atoms with Gasteiger partial charge in [0.05, 0.1) is 0 Å². The van der Waals surface area contributed by atoms with Crippen LogP contribution in [0.25, 0.3) is 11.3 Å². The molecular weight excluding hydrogens is 166 g/mol. The standard InChI is InChI=1S/C10H7NO2/c1-2-4-7(5-3-1)9-8-6-12-10(8)11-13-9/h1-5H,6H2. The van der Waals surface area contributed by atoms with E-state index in [-0.39, 0.29) is 0 Å². The van der Waals surface area contributed by atoms with Crippen molar-refractivity contribution in [3.8, 4) is 17.2 Å². The fourth-order valence-electron chi connectivity index (χ4n) is 1.41. The number of benzene rings is 1. The van der Waals surface area contributed by atoms with Gasteiger partial charge in [-0.2, -0.15) is 0 Å². The van der Waals surface area contributed by atoms with Gasteiger partial charge in [-0.05, 0) is 5.16 Å². The Morgan fingerprint density at radius 1 is 1.15 bits per heavy atom. The van der Waals surface area contributed by atoms with E-state index in [0.29, 0.717) is 12.5 Å². The third-order valence-corrected chi connectivity index (χ3v) is 2.14. The van der Waals surface area contributed by atoms with Gasteiger partial charge in [-0.25, -0.2) is 0 Å². The Balaban J connectivity index is 2.15. The molecule has 2 heterocycles. The van der Waals surface area contributed by atoms with Crippen LogP contribution in [0.15, 0.2) is 34.9 Å². The van der Waals surface area contributed by atoms with Crippen LogP contribution in [-0.2, 0) is 6.61 Å². The molecule has 1 aromatic heterocycles. The van der Waals surface area contributed by atoms with E-state index >= 15 is 0 Å². The third kappa shape index (κ3) is 0.869. The average molecular weight is 173 g/mol. The second kappa shape index (κ2) is 2.36. The van der Waals surface area contributed by atoms with E-state index in [0.717, 1.165) is 16.9 Å². The molecule has 1 aliphatic rings. The second-order valence-corrected chi connectivity index (χ2v) is 2.95. The van der Waals surface area contributed by atoms with E-state index in [2.05, 4.69) is 5.16 Å². The molecule has 0 saturated heterocycles. The van der Waals surface area contributed by atoms with Gasteiger partial charge in [-0.15, -0.1) is 0 Å². The first kappa shape index (κ1) is 6.71. The molecule has 0 atom stereocenters. The maximum Gasteiger partial charge on any atom is 0.261 e. The van der Waals surface area contributed by atoms with Gasteiger partial charge in [0.25, 0.3) is 5.88 Å². The summed E-state index contributed by atoms with van der Waals surface area (Å²) in [5.41, 5.74) is 2.13. The minimum atomic E-state index is 0.614. The third-order valence-electron chi connectivity index (χ3n) is 2.14. The van der Waals surface area contributed by atoms with Crippen LogP contribution in [0, 0.1) is 0 Å². The fourth-order valence-corrected chi connectivity index (χ4v) is 1.41. The van der Waals surface area contributed by atoms with E-state index in [1.54, 1.807) is 0 Å². The summed E-state index contributed by atoms with van der Waals surface area (Å²) in [6.07, 6.45) is 0.